The van der Waals surface area contributed by atoms with E-state index in [4.69, 9.17) is 10.5 Å². The number of nitrogen functional groups attached to an aromatic ring is 1. The van der Waals surface area contributed by atoms with E-state index in [0.29, 0.717) is 11.6 Å². The van der Waals surface area contributed by atoms with E-state index >= 15 is 0 Å². The normalized spacial score (nSPS) is 16.4. The lowest BCUT2D eigenvalue weighted by Gasteiger charge is -2.29. The minimum atomic E-state index is -0.408. The predicted octanol–water partition coefficient (Wildman–Crippen LogP) is 3.43. The highest BCUT2D eigenvalue weighted by atomic mass is 19.1. The van der Waals surface area contributed by atoms with E-state index in [1.165, 1.54) is 45.3 Å². The molecule has 0 aliphatic heterocycles. The van der Waals surface area contributed by atoms with Crippen LogP contribution < -0.4 is 15.4 Å². The molecule has 0 amide bonds. The van der Waals surface area contributed by atoms with Crippen molar-refractivity contribution >= 4 is 11.4 Å². The molecule has 0 spiro atoms. The largest absolute Gasteiger partial charge is 0.494 e. The molecule has 3 nitrogen and oxygen atoms in total. The third kappa shape index (κ3) is 3.31. The number of benzene rings is 1. The molecule has 0 aromatic heterocycles. The van der Waals surface area contributed by atoms with E-state index in [1.807, 2.05) is 7.05 Å². The number of rotatable bonds is 4. The number of halogens is 1. The first-order valence-corrected chi connectivity index (χ1v) is 6.96. The molecule has 1 aliphatic rings. The minimum absolute atomic E-state index is 0.250. The molecule has 0 saturated heterocycles. The highest BCUT2D eigenvalue weighted by Gasteiger charge is 2.18. The summed E-state index contributed by atoms with van der Waals surface area (Å²) in [5, 5.41) is 0. The first-order valence-electron chi connectivity index (χ1n) is 6.96. The molecular formula is C15H23FN2O. The van der Waals surface area contributed by atoms with Crippen molar-refractivity contribution in [2.45, 2.75) is 32.1 Å². The predicted molar refractivity (Wildman–Crippen MR) is 77.2 cm³/mol. The first-order chi connectivity index (χ1) is 9.11. The van der Waals surface area contributed by atoms with E-state index in [-0.39, 0.29) is 5.75 Å². The van der Waals surface area contributed by atoms with Crippen LogP contribution in [-0.4, -0.2) is 20.7 Å². The van der Waals surface area contributed by atoms with Gasteiger partial charge in [0.25, 0.3) is 0 Å². The average Bonchev–Trinajstić information content (AvgIpc) is 2.40. The molecule has 106 valence electrons. The van der Waals surface area contributed by atoms with Crippen molar-refractivity contribution in [3.05, 3.63) is 17.9 Å². The Hall–Kier alpha value is -1.45. The molecule has 2 N–H and O–H groups in total. The summed E-state index contributed by atoms with van der Waals surface area (Å²) in [6.45, 7) is 0.971. The summed E-state index contributed by atoms with van der Waals surface area (Å²) in [7, 11) is 3.48. The van der Waals surface area contributed by atoms with Crippen LogP contribution in [0.2, 0.25) is 0 Å². The second kappa shape index (κ2) is 6.13. The number of nitrogens with zero attached hydrogens (tertiary/aromatic N) is 1. The molecule has 1 aromatic rings. The molecule has 19 heavy (non-hydrogen) atoms. The van der Waals surface area contributed by atoms with Crippen LogP contribution in [-0.2, 0) is 0 Å². The van der Waals surface area contributed by atoms with Gasteiger partial charge in [-0.25, -0.2) is 4.39 Å². The molecule has 0 unspecified atom stereocenters. The first kappa shape index (κ1) is 14.0. The number of ether oxygens (including phenoxy) is 1. The van der Waals surface area contributed by atoms with Crippen LogP contribution in [0, 0.1) is 11.7 Å². The number of hydrogen-bond acceptors (Lipinski definition) is 3. The Morgan fingerprint density at radius 1 is 1.32 bits per heavy atom. The van der Waals surface area contributed by atoms with Crippen molar-refractivity contribution < 1.29 is 9.13 Å². The quantitative estimate of drug-likeness (QED) is 0.848. The summed E-state index contributed by atoms with van der Waals surface area (Å²) >= 11 is 0. The monoisotopic (exact) mass is 266 g/mol. The number of anilines is 2. The van der Waals surface area contributed by atoms with E-state index in [1.54, 1.807) is 6.07 Å². The molecule has 1 fully saturated rings. The average molecular weight is 266 g/mol. The van der Waals surface area contributed by atoms with Crippen LogP contribution in [0.5, 0.6) is 5.75 Å². The molecule has 0 radical (unpaired) electrons. The fraction of sp³-hybridized carbons (Fsp3) is 0.600. The molecular weight excluding hydrogens is 243 g/mol. The minimum Gasteiger partial charge on any atom is -0.494 e. The lowest BCUT2D eigenvalue weighted by molar-refractivity contribution is 0.361. The van der Waals surface area contributed by atoms with Crippen molar-refractivity contribution in [3.8, 4) is 5.75 Å². The molecule has 1 aliphatic carbocycles. The van der Waals surface area contributed by atoms with Gasteiger partial charge in [0.15, 0.2) is 11.6 Å². The van der Waals surface area contributed by atoms with Gasteiger partial charge in [0.05, 0.1) is 18.5 Å². The maximum absolute atomic E-state index is 13.5. The second-order valence-corrected chi connectivity index (χ2v) is 5.43. The van der Waals surface area contributed by atoms with Crippen LogP contribution in [0.15, 0.2) is 12.1 Å². The van der Waals surface area contributed by atoms with Gasteiger partial charge < -0.3 is 15.4 Å². The highest BCUT2D eigenvalue weighted by molar-refractivity contribution is 5.69. The van der Waals surface area contributed by atoms with Gasteiger partial charge >= 0.3 is 0 Å². The maximum atomic E-state index is 13.5. The Kier molecular flexibility index (Phi) is 4.51. The van der Waals surface area contributed by atoms with Crippen molar-refractivity contribution in [1.29, 1.82) is 0 Å². The summed E-state index contributed by atoms with van der Waals surface area (Å²) in [6.07, 6.45) is 6.55. The van der Waals surface area contributed by atoms with Crippen LogP contribution in [0.25, 0.3) is 0 Å². The van der Waals surface area contributed by atoms with Gasteiger partial charge in [-0.1, -0.05) is 19.3 Å². The summed E-state index contributed by atoms with van der Waals surface area (Å²) in [4.78, 5) is 2.12. The van der Waals surface area contributed by atoms with Crippen molar-refractivity contribution in [1.82, 2.24) is 0 Å². The molecule has 0 bridgehead atoms. The molecule has 2 rings (SSSR count). The standard InChI is InChI=1S/C15H23FN2O/c1-18(10-11-6-4-3-5-7-11)14-9-15(19-2)12(16)8-13(14)17/h8-9,11H,3-7,10,17H2,1-2H3. The van der Waals surface area contributed by atoms with Gasteiger partial charge in [-0.2, -0.15) is 0 Å². The third-order valence-corrected chi connectivity index (χ3v) is 3.97. The fourth-order valence-corrected chi connectivity index (χ4v) is 2.90. The zero-order valence-electron chi connectivity index (χ0n) is 11.8. The van der Waals surface area contributed by atoms with E-state index < -0.39 is 5.82 Å². The van der Waals surface area contributed by atoms with Gasteiger partial charge in [0.2, 0.25) is 0 Å². The lowest BCUT2D eigenvalue weighted by Crippen LogP contribution is -2.27. The Morgan fingerprint density at radius 2 is 2.00 bits per heavy atom. The summed E-state index contributed by atoms with van der Waals surface area (Å²) in [5.41, 5.74) is 7.23. The third-order valence-electron chi connectivity index (χ3n) is 3.97. The number of methoxy groups -OCH3 is 1. The fourth-order valence-electron chi connectivity index (χ4n) is 2.90. The maximum Gasteiger partial charge on any atom is 0.167 e. The zero-order chi connectivity index (χ0) is 13.8. The molecule has 4 heteroatoms. The van der Waals surface area contributed by atoms with E-state index in [9.17, 15) is 4.39 Å². The Labute approximate surface area is 114 Å². The molecule has 0 atom stereocenters. The molecule has 0 heterocycles. The summed E-state index contributed by atoms with van der Waals surface area (Å²) in [5.74, 6) is 0.559. The number of nitrogens with two attached hydrogens (primary N) is 1. The van der Waals surface area contributed by atoms with Gasteiger partial charge in [-0.15, -0.1) is 0 Å². The van der Waals surface area contributed by atoms with Crippen molar-refractivity contribution in [2.24, 2.45) is 5.92 Å². The van der Waals surface area contributed by atoms with Gasteiger partial charge in [-0.05, 0) is 18.8 Å². The van der Waals surface area contributed by atoms with Gasteiger partial charge in [-0.3, -0.25) is 0 Å². The van der Waals surface area contributed by atoms with Crippen LogP contribution >= 0.6 is 0 Å². The second-order valence-electron chi connectivity index (χ2n) is 5.43. The summed E-state index contributed by atoms with van der Waals surface area (Å²) < 4.78 is 18.6. The SMILES string of the molecule is COc1cc(N(C)CC2CCCCC2)c(N)cc1F. The molecule has 1 saturated carbocycles. The van der Waals surface area contributed by atoms with E-state index in [0.717, 1.165) is 12.2 Å². The van der Waals surface area contributed by atoms with Crippen molar-refractivity contribution in [3.63, 3.8) is 0 Å². The van der Waals surface area contributed by atoms with Gasteiger partial charge in [0, 0.05) is 25.7 Å². The van der Waals surface area contributed by atoms with Gasteiger partial charge in [0.1, 0.15) is 0 Å². The molecule has 1 aromatic carbocycles. The summed E-state index contributed by atoms with van der Waals surface area (Å²) in [6, 6.07) is 3.03. The van der Waals surface area contributed by atoms with E-state index in [2.05, 4.69) is 4.90 Å². The Bertz CT molecular complexity index is 430. The number of hydrogen-bond donors (Lipinski definition) is 1. The van der Waals surface area contributed by atoms with Crippen molar-refractivity contribution in [2.75, 3.05) is 31.3 Å². The Morgan fingerprint density at radius 3 is 2.63 bits per heavy atom. The lowest BCUT2D eigenvalue weighted by atomic mass is 9.89. The smallest absolute Gasteiger partial charge is 0.167 e. The zero-order valence-corrected chi connectivity index (χ0v) is 11.8. The Balaban J connectivity index is 2.11. The highest BCUT2D eigenvalue weighted by Crippen LogP contribution is 2.32. The van der Waals surface area contributed by atoms with Crippen LogP contribution in [0.3, 0.4) is 0 Å². The van der Waals surface area contributed by atoms with Crippen LogP contribution in [0.1, 0.15) is 32.1 Å². The van der Waals surface area contributed by atoms with Crippen LogP contribution in [0.4, 0.5) is 15.8 Å². The topological polar surface area (TPSA) is 38.5 Å².